The van der Waals surface area contributed by atoms with Gasteiger partial charge in [-0.1, -0.05) is 0 Å². The maximum Gasteiger partial charge on any atom is 0.162 e. The van der Waals surface area contributed by atoms with E-state index in [1.165, 1.54) is 5.56 Å². The number of rotatable bonds is 5. The van der Waals surface area contributed by atoms with E-state index in [2.05, 4.69) is 25.9 Å². The maximum absolute atomic E-state index is 5.98. The third kappa shape index (κ3) is 3.46. The lowest BCUT2D eigenvalue weighted by Crippen LogP contribution is -2.36. The van der Waals surface area contributed by atoms with Gasteiger partial charge in [-0.3, -0.25) is 4.98 Å². The molecule has 4 heterocycles. The predicted octanol–water partition coefficient (Wildman–Crippen LogP) is 2.40. The van der Waals surface area contributed by atoms with Crippen molar-refractivity contribution >= 4 is 0 Å². The van der Waals surface area contributed by atoms with Crippen LogP contribution in [0, 0.1) is 0 Å². The molecule has 0 aliphatic carbocycles. The van der Waals surface area contributed by atoms with E-state index in [-0.39, 0.29) is 6.10 Å². The summed E-state index contributed by atoms with van der Waals surface area (Å²) in [5, 5.41) is 3.47. The lowest BCUT2D eigenvalue weighted by Gasteiger charge is -2.26. The van der Waals surface area contributed by atoms with E-state index in [9.17, 15) is 0 Å². The zero-order valence-electron chi connectivity index (χ0n) is 15.5. The minimum Gasteiger partial charge on any atom is -0.486 e. The van der Waals surface area contributed by atoms with E-state index in [0.717, 1.165) is 48.2 Å². The lowest BCUT2D eigenvalue weighted by molar-refractivity contribution is 0.00325. The van der Waals surface area contributed by atoms with Crippen LogP contribution in [0.3, 0.4) is 0 Å². The summed E-state index contributed by atoms with van der Waals surface area (Å²) in [5.74, 6) is 2.55. The summed E-state index contributed by atoms with van der Waals surface area (Å²) in [6.45, 7) is 4.04. The van der Waals surface area contributed by atoms with Gasteiger partial charge < -0.3 is 24.1 Å². The third-order valence-corrected chi connectivity index (χ3v) is 5.06. The molecule has 3 aromatic rings. The molecule has 0 bridgehead atoms. The first-order valence-corrected chi connectivity index (χ1v) is 9.52. The first kappa shape index (κ1) is 17.2. The van der Waals surface area contributed by atoms with Crippen molar-refractivity contribution in [1.82, 2.24) is 19.9 Å². The zero-order chi connectivity index (χ0) is 18.8. The highest BCUT2D eigenvalue weighted by Gasteiger charge is 2.23. The average molecular weight is 378 g/mol. The van der Waals surface area contributed by atoms with Crippen LogP contribution in [0.5, 0.6) is 11.5 Å². The van der Waals surface area contributed by atoms with Crippen LogP contribution in [0.15, 0.2) is 48.9 Å². The molecule has 1 aromatic carbocycles. The van der Waals surface area contributed by atoms with Crippen LogP contribution < -0.4 is 14.8 Å². The minimum absolute atomic E-state index is 0.0968. The number of hydrogen-bond acceptors (Lipinski definition) is 6. The molecule has 2 aliphatic heterocycles. The molecule has 0 amide bonds. The fourth-order valence-corrected chi connectivity index (χ4v) is 3.62. The predicted molar refractivity (Wildman–Crippen MR) is 103 cm³/mol. The molecular formula is C21H22N4O3. The van der Waals surface area contributed by atoms with Gasteiger partial charge in [-0.05, 0) is 35.9 Å². The molecule has 0 spiro atoms. The number of aromatic nitrogens is 3. The fourth-order valence-electron chi connectivity index (χ4n) is 3.62. The van der Waals surface area contributed by atoms with Gasteiger partial charge in [0.15, 0.2) is 11.5 Å². The van der Waals surface area contributed by atoms with Gasteiger partial charge in [0.05, 0.1) is 24.5 Å². The van der Waals surface area contributed by atoms with Crippen molar-refractivity contribution in [3.63, 3.8) is 0 Å². The standard InChI is InChI=1S/C21H22N4O3/c1-2-19-20(27-8-7-26-19)9-16(1)18-12-24-21-14-28-17(13-25(18)21)11-23-10-15-3-5-22-6-4-15/h1-6,9,12,17,23H,7-8,10-11,13-14H2. The Labute approximate surface area is 163 Å². The molecule has 7 heteroatoms. The molecule has 7 nitrogen and oxygen atoms in total. The second-order valence-electron chi connectivity index (χ2n) is 6.95. The van der Waals surface area contributed by atoms with Crippen molar-refractivity contribution in [2.45, 2.75) is 25.8 Å². The number of benzene rings is 1. The third-order valence-electron chi connectivity index (χ3n) is 5.06. The van der Waals surface area contributed by atoms with Gasteiger partial charge >= 0.3 is 0 Å². The number of nitrogens with zero attached hydrogens (tertiary/aromatic N) is 3. The Morgan fingerprint density at radius 1 is 1.07 bits per heavy atom. The van der Waals surface area contributed by atoms with Crippen LogP contribution >= 0.6 is 0 Å². The topological polar surface area (TPSA) is 70.4 Å². The number of nitrogens with one attached hydrogen (secondary N) is 1. The number of hydrogen-bond donors (Lipinski definition) is 1. The smallest absolute Gasteiger partial charge is 0.162 e. The molecule has 0 saturated heterocycles. The summed E-state index contributed by atoms with van der Waals surface area (Å²) < 4.78 is 19.6. The summed E-state index contributed by atoms with van der Waals surface area (Å²) in [7, 11) is 0. The molecule has 0 fully saturated rings. The first-order valence-electron chi connectivity index (χ1n) is 9.52. The van der Waals surface area contributed by atoms with Crippen molar-refractivity contribution in [1.29, 1.82) is 0 Å². The van der Waals surface area contributed by atoms with E-state index >= 15 is 0 Å². The zero-order valence-corrected chi connectivity index (χ0v) is 15.5. The molecule has 144 valence electrons. The summed E-state index contributed by atoms with van der Waals surface area (Å²) in [5.41, 5.74) is 3.37. The molecule has 28 heavy (non-hydrogen) atoms. The highest BCUT2D eigenvalue weighted by molar-refractivity contribution is 5.64. The van der Waals surface area contributed by atoms with E-state index in [1.54, 1.807) is 0 Å². The Kier molecular flexibility index (Phi) is 4.68. The van der Waals surface area contributed by atoms with Crippen molar-refractivity contribution in [2.24, 2.45) is 0 Å². The van der Waals surface area contributed by atoms with Crippen molar-refractivity contribution in [3.05, 3.63) is 60.3 Å². The molecule has 1 unspecified atom stereocenters. The van der Waals surface area contributed by atoms with Gasteiger partial charge in [0.25, 0.3) is 0 Å². The number of pyridine rings is 1. The quantitative estimate of drug-likeness (QED) is 0.735. The van der Waals surface area contributed by atoms with Crippen LogP contribution in [0.2, 0.25) is 0 Å². The maximum atomic E-state index is 5.98. The highest BCUT2D eigenvalue weighted by atomic mass is 16.6. The van der Waals surface area contributed by atoms with Crippen LogP contribution in [0.1, 0.15) is 11.4 Å². The number of fused-ring (bicyclic) bond motifs is 2. The van der Waals surface area contributed by atoms with Gasteiger partial charge in [0.1, 0.15) is 25.6 Å². The van der Waals surface area contributed by atoms with Crippen LogP contribution in [0.25, 0.3) is 11.3 Å². The van der Waals surface area contributed by atoms with Crippen LogP contribution in [-0.2, 0) is 24.4 Å². The monoisotopic (exact) mass is 378 g/mol. The average Bonchev–Trinajstić information content (AvgIpc) is 3.17. The fraction of sp³-hybridized carbons (Fsp3) is 0.333. The molecule has 2 aromatic heterocycles. The second kappa shape index (κ2) is 7.61. The number of imidazole rings is 1. The van der Waals surface area contributed by atoms with Gasteiger partial charge in [-0.25, -0.2) is 4.98 Å². The molecule has 2 aliphatic rings. The summed E-state index contributed by atoms with van der Waals surface area (Å²) in [4.78, 5) is 8.59. The molecule has 1 atom stereocenters. The van der Waals surface area contributed by atoms with E-state index in [1.807, 2.05) is 42.9 Å². The molecule has 0 saturated carbocycles. The van der Waals surface area contributed by atoms with Crippen molar-refractivity contribution in [3.8, 4) is 22.8 Å². The van der Waals surface area contributed by atoms with E-state index < -0.39 is 0 Å². The Bertz CT molecular complexity index is 958. The van der Waals surface area contributed by atoms with Crippen LogP contribution in [-0.4, -0.2) is 40.4 Å². The minimum atomic E-state index is 0.0968. The van der Waals surface area contributed by atoms with Gasteiger partial charge in [-0.2, -0.15) is 0 Å². The summed E-state index contributed by atoms with van der Waals surface area (Å²) >= 11 is 0. The highest BCUT2D eigenvalue weighted by Crippen LogP contribution is 2.35. The summed E-state index contributed by atoms with van der Waals surface area (Å²) in [6, 6.07) is 10.1. The molecular weight excluding hydrogens is 356 g/mol. The van der Waals surface area contributed by atoms with Gasteiger partial charge in [0, 0.05) is 31.0 Å². The second-order valence-corrected chi connectivity index (χ2v) is 6.95. The van der Waals surface area contributed by atoms with E-state index in [0.29, 0.717) is 19.8 Å². The summed E-state index contributed by atoms with van der Waals surface area (Å²) in [6.07, 6.45) is 5.63. The van der Waals surface area contributed by atoms with E-state index in [4.69, 9.17) is 14.2 Å². The van der Waals surface area contributed by atoms with Gasteiger partial charge in [0.2, 0.25) is 0 Å². The van der Waals surface area contributed by atoms with Crippen LogP contribution in [0.4, 0.5) is 0 Å². The van der Waals surface area contributed by atoms with Crippen molar-refractivity contribution in [2.75, 3.05) is 19.8 Å². The van der Waals surface area contributed by atoms with Gasteiger partial charge in [-0.15, -0.1) is 0 Å². The molecule has 1 N–H and O–H groups in total. The Morgan fingerprint density at radius 2 is 1.93 bits per heavy atom. The Hall–Kier alpha value is -2.90. The lowest BCUT2D eigenvalue weighted by atomic mass is 10.1. The SMILES string of the molecule is c1cc(CNCC2Cn3c(-c4ccc5c(c4)OCCO5)cnc3CO2)ccn1. The Morgan fingerprint density at radius 3 is 2.82 bits per heavy atom. The molecule has 5 rings (SSSR count). The number of ether oxygens (including phenoxy) is 3. The van der Waals surface area contributed by atoms with Crippen molar-refractivity contribution < 1.29 is 14.2 Å². The Balaban J connectivity index is 1.29. The molecule has 0 radical (unpaired) electrons. The normalized spacial score (nSPS) is 17.9. The largest absolute Gasteiger partial charge is 0.486 e. The first-order chi connectivity index (χ1) is 13.9.